The lowest BCUT2D eigenvalue weighted by Gasteiger charge is -2.33. The number of amides is 2. The van der Waals surface area contributed by atoms with Gasteiger partial charge in [-0.15, -0.1) is 0 Å². The molecule has 5 heteroatoms. The lowest BCUT2D eigenvalue weighted by molar-refractivity contribution is -0.138. The van der Waals surface area contributed by atoms with Gasteiger partial charge in [-0.1, -0.05) is 27.7 Å². The number of nitrogens with zero attached hydrogens (tertiary/aromatic N) is 1. The molecule has 0 radical (unpaired) electrons. The first-order chi connectivity index (χ1) is 8.75. The Morgan fingerprint density at radius 3 is 2.53 bits per heavy atom. The van der Waals surface area contributed by atoms with Gasteiger partial charge in [0, 0.05) is 18.6 Å². The largest absolute Gasteiger partial charge is 0.481 e. The van der Waals surface area contributed by atoms with Crippen molar-refractivity contribution in [2.24, 2.45) is 5.41 Å². The number of urea groups is 1. The van der Waals surface area contributed by atoms with E-state index in [2.05, 4.69) is 12.2 Å². The molecule has 2 amide bonds. The fourth-order valence-electron chi connectivity index (χ4n) is 2.51. The highest BCUT2D eigenvalue weighted by molar-refractivity contribution is 5.76. The van der Waals surface area contributed by atoms with Crippen molar-refractivity contribution in [2.75, 3.05) is 6.54 Å². The number of nitrogens with one attached hydrogen (secondary N) is 1. The first kappa shape index (κ1) is 15.8. The summed E-state index contributed by atoms with van der Waals surface area (Å²) >= 11 is 0. The summed E-state index contributed by atoms with van der Waals surface area (Å²) in [6.45, 7) is 8.69. The van der Waals surface area contributed by atoms with Crippen molar-refractivity contribution >= 4 is 12.0 Å². The Morgan fingerprint density at radius 1 is 1.42 bits per heavy atom. The lowest BCUT2D eigenvalue weighted by atomic mass is 9.85. The van der Waals surface area contributed by atoms with E-state index in [1.807, 2.05) is 25.7 Å². The summed E-state index contributed by atoms with van der Waals surface area (Å²) in [5.74, 6) is -0.881. The first-order valence-corrected chi connectivity index (χ1v) is 7.04. The minimum Gasteiger partial charge on any atom is -0.481 e. The topological polar surface area (TPSA) is 69.6 Å². The molecule has 0 saturated carbocycles. The van der Waals surface area contributed by atoms with Gasteiger partial charge in [-0.3, -0.25) is 4.79 Å². The Morgan fingerprint density at radius 2 is 2.05 bits per heavy atom. The molecule has 0 aromatic rings. The number of hydrogen-bond acceptors (Lipinski definition) is 2. The van der Waals surface area contributed by atoms with Gasteiger partial charge < -0.3 is 15.3 Å². The summed E-state index contributed by atoms with van der Waals surface area (Å²) in [4.78, 5) is 25.0. The molecule has 1 heterocycles. The van der Waals surface area contributed by atoms with E-state index < -0.39 is 5.97 Å². The molecule has 0 bridgehead atoms. The van der Waals surface area contributed by atoms with Gasteiger partial charge in [0.2, 0.25) is 0 Å². The Labute approximate surface area is 115 Å². The molecule has 0 aromatic heterocycles. The SMILES string of the molecule is CCC1CCCN1C(=O)NC(CC(=O)O)C(C)(C)C. The van der Waals surface area contributed by atoms with Crippen LogP contribution in [0.2, 0.25) is 0 Å². The zero-order valence-electron chi connectivity index (χ0n) is 12.4. The van der Waals surface area contributed by atoms with Crippen molar-refractivity contribution in [3.05, 3.63) is 0 Å². The molecular weight excluding hydrogens is 244 g/mol. The van der Waals surface area contributed by atoms with Gasteiger partial charge in [-0.05, 0) is 24.7 Å². The summed E-state index contributed by atoms with van der Waals surface area (Å²) in [6.07, 6.45) is 2.99. The molecule has 0 aromatic carbocycles. The Balaban J connectivity index is 2.68. The molecule has 19 heavy (non-hydrogen) atoms. The van der Waals surface area contributed by atoms with E-state index in [-0.39, 0.29) is 23.9 Å². The monoisotopic (exact) mass is 270 g/mol. The number of carbonyl (C=O) groups is 2. The average molecular weight is 270 g/mol. The minimum absolute atomic E-state index is 0.0418. The standard InChI is InChI=1S/C14H26N2O3/c1-5-10-7-6-8-16(10)13(19)15-11(9-12(17)18)14(2,3)4/h10-11H,5-9H2,1-4H3,(H,15,19)(H,17,18). The Kier molecular flexibility index (Phi) is 5.20. The van der Waals surface area contributed by atoms with E-state index in [9.17, 15) is 9.59 Å². The van der Waals surface area contributed by atoms with Gasteiger partial charge in [0.25, 0.3) is 0 Å². The number of carboxylic acid groups (broad SMARTS) is 1. The summed E-state index contributed by atoms with van der Waals surface area (Å²) < 4.78 is 0. The van der Waals surface area contributed by atoms with Gasteiger partial charge in [-0.25, -0.2) is 4.79 Å². The van der Waals surface area contributed by atoms with Crippen LogP contribution in [0, 0.1) is 5.41 Å². The van der Waals surface area contributed by atoms with Crippen molar-refractivity contribution in [2.45, 2.75) is 65.5 Å². The Bertz CT molecular complexity index is 336. The number of hydrogen-bond donors (Lipinski definition) is 2. The summed E-state index contributed by atoms with van der Waals surface area (Å²) in [7, 11) is 0. The van der Waals surface area contributed by atoms with E-state index >= 15 is 0 Å². The maximum absolute atomic E-state index is 12.3. The maximum atomic E-state index is 12.3. The van der Waals surface area contributed by atoms with E-state index in [4.69, 9.17) is 5.11 Å². The predicted octanol–water partition coefficient (Wildman–Crippen LogP) is 2.46. The molecule has 1 fully saturated rings. The van der Waals surface area contributed by atoms with E-state index in [0.717, 1.165) is 25.8 Å². The van der Waals surface area contributed by atoms with Gasteiger partial charge in [0.05, 0.1) is 6.42 Å². The van der Waals surface area contributed by atoms with Crippen molar-refractivity contribution in [3.8, 4) is 0 Å². The molecule has 1 aliphatic heterocycles. The lowest BCUT2D eigenvalue weighted by Crippen LogP contribution is -2.51. The molecule has 5 nitrogen and oxygen atoms in total. The van der Waals surface area contributed by atoms with Crippen molar-refractivity contribution in [1.29, 1.82) is 0 Å². The van der Waals surface area contributed by atoms with Crippen LogP contribution in [0.15, 0.2) is 0 Å². The van der Waals surface area contributed by atoms with Crippen LogP contribution in [-0.2, 0) is 4.79 Å². The zero-order chi connectivity index (χ0) is 14.6. The number of likely N-dealkylation sites (tertiary alicyclic amines) is 1. The van der Waals surface area contributed by atoms with Crippen LogP contribution in [0.25, 0.3) is 0 Å². The predicted molar refractivity (Wildman–Crippen MR) is 74.0 cm³/mol. The zero-order valence-corrected chi connectivity index (χ0v) is 12.4. The van der Waals surface area contributed by atoms with Crippen LogP contribution in [0.1, 0.15) is 53.4 Å². The van der Waals surface area contributed by atoms with Crippen molar-refractivity contribution in [3.63, 3.8) is 0 Å². The van der Waals surface area contributed by atoms with E-state index in [1.54, 1.807) is 0 Å². The number of carbonyl (C=O) groups excluding carboxylic acids is 1. The van der Waals surface area contributed by atoms with Gasteiger partial charge in [0.1, 0.15) is 0 Å². The second-order valence-corrected chi connectivity index (χ2v) is 6.36. The Hall–Kier alpha value is -1.26. The normalized spacial score (nSPS) is 21.3. The third-order valence-electron chi connectivity index (χ3n) is 3.83. The van der Waals surface area contributed by atoms with Crippen LogP contribution in [0.4, 0.5) is 4.79 Å². The number of aliphatic carboxylic acids is 1. The second kappa shape index (κ2) is 6.26. The minimum atomic E-state index is -0.881. The van der Waals surface area contributed by atoms with Crippen LogP contribution < -0.4 is 5.32 Å². The van der Waals surface area contributed by atoms with Crippen molar-refractivity contribution < 1.29 is 14.7 Å². The maximum Gasteiger partial charge on any atom is 0.317 e. The highest BCUT2D eigenvalue weighted by atomic mass is 16.4. The second-order valence-electron chi connectivity index (χ2n) is 6.36. The van der Waals surface area contributed by atoms with Crippen LogP contribution >= 0.6 is 0 Å². The number of rotatable bonds is 4. The van der Waals surface area contributed by atoms with Crippen molar-refractivity contribution in [1.82, 2.24) is 10.2 Å². The summed E-state index contributed by atoms with van der Waals surface area (Å²) in [5.41, 5.74) is -0.268. The molecule has 2 N–H and O–H groups in total. The fourth-order valence-corrected chi connectivity index (χ4v) is 2.51. The van der Waals surface area contributed by atoms with E-state index in [1.165, 1.54) is 0 Å². The summed E-state index contributed by atoms with van der Waals surface area (Å²) in [5, 5.41) is 11.9. The highest BCUT2D eigenvalue weighted by Gasteiger charge is 2.33. The average Bonchev–Trinajstić information content (AvgIpc) is 2.74. The molecule has 2 atom stereocenters. The number of carboxylic acids is 1. The summed E-state index contributed by atoms with van der Waals surface area (Å²) in [6, 6.07) is -0.174. The highest BCUT2D eigenvalue weighted by Crippen LogP contribution is 2.24. The third-order valence-corrected chi connectivity index (χ3v) is 3.83. The molecule has 0 aliphatic carbocycles. The molecule has 2 unspecified atom stereocenters. The molecule has 1 aliphatic rings. The quantitative estimate of drug-likeness (QED) is 0.824. The fraction of sp³-hybridized carbons (Fsp3) is 0.857. The molecular formula is C14H26N2O3. The van der Waals surface area contributed by atoms with Gasteiger partial charge in [-0.2, -0.15) is 0 Å². The smallest absolute Gasteiger partial charge is 0.317 e. The molecule has 1 saturated heterocycles. The van der Waals surface area contributed by atoms with Crippen LogP contribution in [-0.4, -0.2) is 40.6 Å². The van der Waals surface area contributed by atoms with E-state index in [0.29, 0.717) is 6.04 Å². The van der Waals surface area contributed by atoms with Gasteiger partial charge in [0.15, 0.2) is 0 Å². The van der Waals surface area contributed by atoms with Crippen LogP contribution in [0.5, 0.6) is 0 Å². The molecule has 0 spiro atoms. The third kappa shape index (κ3) is 4.40. The molecule has 110 valence electrons. The molecule has 1 rings (SSSR count). The van der Waals surface area contributed by atoms with Crippen LogP contribution in [0.3, 0.4) is 0 Å². The first-order valence-electron chi connectivity index (χ1n) is 7.04. The van der Waals surface area contributed by atoms with Gasteiger partial charge >= 0.3 is 12.0 Å².